The Kier molecular flexibility index (Phi) is 9.48. The van der Waals surface area contributed by atoms with E-state index in [9.17, 15) is 14.9 Å². The number of carbonyl (C=O) groups excluding carboxylic acids is 2. The molecule has 1 aliphatic rings. The molecule has 0 saturated carbocycles. The minimum atomic E-state index is -0.560. The molecule has 0 fully saturated rings. The minimum Gasteiger partial charge on any atom is -0.490 e. The molecule has 0 saturated heterocycles. The van der Waals surface area contributed by atoms with Crippen LogP contribution in [0.5, 0.6) is 11.5 Å². The minimum absolute atomic E-state index is 0.0199. The monoisotopic (exact) mass is 440 g/mol. The van der Waals surface area contributed by atoms with E-state index < -0.39 is 11.8 Å². The summed E-state index contributed by atoms with van der Waals surface area (Å²) in [6.07, 6.45) is 3.13. The maximum absolute atomic E-state index is 13.2. The van der Waals surface area contributed by atoms with Crippen LogP contribution in [0.15, 0.2) is 34.9 Å². The average Bonchev–Trinajstić information content (AvgIpc) is 2.76. The molecule has 7 heteroatoms. The molecule has 0 atom stereocenters. The first-order chi connectivity index (χ1) is 15.3. The van der Waals surface area contributed by atoms with E-state index in [1.165, 1.54) is 0 Å². The zero-order valence-electron chi connectivity index (χ0n) is 19.6. The molecule has 2 amide bonds. The molecule has 2 rings (SSSR count). The van der Waals surface area contributed by atoms with E-state index in [1.807, 2.05) is 39.8 Å². The van der Waals surface area contributed by atoms with Crippen LogP contribution in [0.25, 0.3) is 6.08 Å². The lowest BCUT2D eigenvalue weighted by atomic mass is 9.93. The number of amides is 2. The van der Waals surface area contributed by atoms with E-state index in [1.54, 1.807) is 25.1 Å². The second-order valence-electron chi connectivity index (χ2n) is 7.69. The first-order valence-electron chi connectivity index (χ1n) is 11.0. The van der Waals surface area contributed by atoms with Gasteiger partial charge in [-0.05, 0) is 69.9 Å². The standard InChI is InChI=1S/C25H32N2O5/c1-6-12-32-22-10-9-19(15-23(22)30-7-2)14-20-18(5)21(16-26)25(29)27(24(20)28)11-8-13-31-17(3)4/h9-10,14-15,17H,6-8,11-13H2,1-5H3/b20-14+. The van der Waals surface area contributed by atoms with Crippen LogP contribution < -0.4 is 9.47 Å². The zero-order valence-corrected chi connectivity index (χ0v) is 19.6. The van der Waals surface area contributed by atoms with Gasteiger partial charge in [0.05, 0.1) is 19.3 Å². The van der Waals surface area contributed by atoms with Crippen LogP contribution in [-0.2, 0) is 14.3 Å². The maximum atomic E-state index is 13.2. The summed E-state index contributed by atoms with van der Waals surface area (Å²) in [5.41, 5.74) is 1.39. The lowest BCUT2D eigenvalue weighted by molar-refractivity contribution is -0.140. The number of ether oxygens (including phenoxy) is 3. The third-order valence-corrected chi connectivity index (χ3v) is 4.84. The highest BCUT2D eigenvalue weighted by atomic mass is 16.5. The third kappa shape index (κ3) is 6.21. The molecule has 32 heavy (non-hydrogen) atoms. The maximum Gasteiger partial charge on any atom is 0.271 e. The van der Waals surface area contributed by atoms with Crippen molar-refractivity contribution in [2.75, 3.05) is 26.4 Å². The number of rotatable bonds is 11. The van der Waals surface area contributed by atoms with Gasteiger partial charge < -0.3 is 14.2 Å². The molecule has 1 aromatic rings. The molecular formula is C25H32N2O5. The molecule has 0 bridgehead atoms. The van der Waals surface area contributed by atoms with Gasteiger partial charge in [0, 0.05) is 18.7 Å². The van der Waals surface area contributed by atoms with Crippen LogP contribution >= 0.6 is 0 Å². The molecule has 172 valence electrons. The van der Waals surface area contributed by atoms with Crippen molar-refractivity contribution in [3.8, 4) is 17.6 Å². The second-order valence-corrected chi connectivity index (χ2v) is 7.69. The van der Waals surface area contributed by atoms with E-state index in [4.69, 9.17) is 14.2 Å². The SMILES string of the molecule is CCCOc1ccc(/C=C2/C(=O)N(CCCOC(C)C)C(=O)C(C#N)=C2C)cc1OCC. The topological polar surface area (TPSA) is 88.9 Å². The van der Waals surface area contributed by atoms with Crippen molar-refractivity contribution in [3.63, 3.8) is 0 Å². The predicted octanol–water partition coefficient (Wildman–Crippen LogP) is 4.28. The summed E-state index contributed by atoms with van der Waals surface area (Å²) in [4.78, 5) is 27.0. The lowest BCUT2D eigenvalue weighted by Gasteiger charge is -2.27. The van der Waals surface area contributed by atoms with Gasteiger partial charge in [-0.2, -0.15) is 5.26 Å². The van der Waals surface area contributed by atoms with Crippen LogP contribution in [0, 0.1) is 11.3 Å². The Morgan fingerprint density at radius 2 is 1.84 bits per heavy atom. The second kappa shape index (κ2) is 12.1. The lowest BCUT2D eigenvalue weighted by Crippen LogP contribution is -2.43. The fourth-order valence-electron chi connectivity index (χ4n) is 3.26. The zero-order chi connectivity index (χ0) is 23.7. The molecule has 1 heterocycles. The van der Waals surface area contributed by atoms with E-state index in [2.05, 4.69) is 0 Å². The van der Waals surface area contributed by atoms with Gasteiger partial charge in [-0.1, -0.05) is 13.0 Å². The number of nitriles is 1. The van der Waals surface area contributed by atoms with Gasteiger partial charge in [-0.15, -0.1) is 0 Å². The summed E-state index contributed by atoms with van der Waals surface area (Å²) in [6.45, 7) is 11.0. The van der Waals surface area contributed by atoms with Crippen molar-refractivity contribution >= 4 is 17.9 Å². The van der Waals surface area contributed by atoms with Gasteiger partial charge in [0.15, 0.2) is 11.5 Å². The van der Waals surface area contributed by atoms with E-state index in [0.717, 1.165) is 16.9 Å². The fraction of sp³-hybridized carbons (Fsp3) is 0.480. The molecule has 0 radical (unpaired) electrons. The van der Waals surface area contributed by atoms with Crippen LogP contribution in [0.2, 0.25) is 0 Å². The van der Waals surface area contributed by atoms with Gasteiger partial charge in [0.25, 0.3) is 11.8 Å². The number of carbonyl (C=O) groups is 2. The number of hydrogen-bond donors (Lipinski definition) is 0. The summed E-state index contributed by atoms with van der Waals surface area (Å²) in [5.74, 6) is 0.243. The highest BCUT2D eigenvalue weighted by Crippen LogP contribution is 2.32. The van der Waals surface area contributed by atoms with Crippen LogP contribution in [0.1, 0.15) is 53.0 Å². The Hall–Kier alpha value is -3.11. The molecule has 1 aliphatic heterocycles. The van der Waals surface area contributed by atoms with Gasteiger partial charge in [-0.3, -0.25) is 14.5 Å². The first-order valence-corrected chi connectivity index (χ1v) is 11.0. The third-order valence-electron chi connectivity index (χ3n) is 4.84. The molecule has 1 aromatic carbocycles. The highest BCUT2D eigenvalue weighted by Gasteiger charge is 2.35. The summed E-state index contributed by atoms with van der Waals surface area (Å²) in [6, 6.07) is 7.38. The Labute approximate surface area is 190 Å². The van der Waals surface area contributed by atoms with Crippen molar-refractivity contribution in [1.29, 1.82) is 5.26 Å². The molecule has 0 aliphatic carbocycles. The number of benzene rings is 1. The normalized spacial score (nSPS) is 15.5. The number of imide groups is 1. The molecule has 0 spiro atoms. The van der Waals surface area contributed by atoms with E-state index in [-0.39, 0.29) is 18.2 Å². The van der Waals surface area contributed by atoms with Crippen LogP contribution in [0.4, 0.5) is 0 Å². The van der Waals surface area contributed by atoms with Crippen molar-refractivity contribution in [3.05, 3.63) is 40.5 Å². The van der Waals surface area contributed by atoms with Crippen LogP contribution in [-0.4, -0.2) is 49.2 Å². The number of nitrogens with zero attached hydrogens (tertiary/aromatic N) is 2. The molecule has 0 N–H and O–H groups in total. The summed E-state index contributed by atoms with van der Waals surface area (Å²) >= 11 is 0. The molecule has 0 unspecified atom stereocenters. The first kappa shape index (κ1) is 25.2. The summed E-state index contributed by atoms with van der Waals surface area (Å²) in [7, 11) is 0. The van der Waals surface area contributed by atoms with Crippen molar-refractivity contribution in [2.45, 2.75) is 53.6 Å². The summed E-state index contributed by atoms with van der Waals surface area (Å²) < 4.78 is 16.9. The van der Waals surface area contributed by atoms with E-state index >= 15 is 0 Å². The molecular weight excluding hydrogens is 408 g/mol. The Morgan fingerprint density at radius 3 is 2.47 bits per heavy atom. The smallest absolute Gasteiger partial charge is 0.271 e. The van der Waals surface area contributed by atoms with Gasteiger partial charge >= 0.3 is 0 Å². The molecule has 7 nitrogen and oxygen atoms in total. The van der Waals surface area contributed by atoms with Gasteiger partial charge in [0.1, 0.15) is 11.6 Å². The van der Waals surface area contributed by atoms with E-state index in [0.29, 0.717) is 48.9 Å². The predicted molar refractivity (Wildman–Crippen MR) is 122 cm³/mol. The molecule has 0 aromatic heterocycles. The Morgan fingerprint density at radius 1 is 1.09 bits per heavy atom. The van der Waals surface area contributed by atoms with Gasteiger partial charge in [-0.25, -0.2) is 0 Å². The van der Waals surface area contributed by atoms with Crippen LogP contribution in [0.3, 0.4) is 0 Å². The highest BCUT2D eigenvalue weighted by molar-refractivity contribution is 6.19. The Balaban J connectivity index is 2.37. The van der Waals surface area contributed by atoms with Crippen molar-refractivity contribution in [2.24, 2.45) is 0 Å². The van der Waals surface area contributed by atoms with Crippen molar-refractivity contribution < 1.29 is 23.8 Å². The quantitative estimate of drug-likeness (QED) is 0.290. The largest absolute Gasteiger partial charge is 0.490 e. The Bertz CT molecular complexity index is 940. The fourth-order valence-corrected chi connectivity index (χ4v) is 3.26. The average molecular weight is 441 g/mol. The summed E-state index contributed by atoms with van der Waals surface area (Å²) in [5, 5.41) is 9.54. The number of hydrogen-bond acceptors (Lipinski definition) is 6. The van der Waals surface area contributed by atoms with Crippen molar-refractivity contribution in [1.82, 2.24) is 4.90 Å². The van der Waals surface area contributed by atoms with Gasteiger partial charge in [0.2, 0.25) is 0 Å².